The van der Waals surface area contributed by atoms with E-state index in [4.69, 9.17) is 4.74 Å². The second-order valence-electron chi connectivity index (χ2n) is 5.09. The van der Waals surface area contributed by atoms with Gasteiger partial charge in [0, 0.05) is 29.6 Å². The molecule has 1 aliphatic carbocycles. The van der Waals surface area contributed by atoms with Crippen molar-refractivity contribution < 1.29 is 9.84 Å². The molecule has 0 radical (unpaired) electrons. The monoisotopic (exact) mass is 270 g/mol. The minimum Gasteiger partial charge on any atom is -0.481 e. The van der Waals surface area contributed by atoms with Crippen LogP contribution >= 0.6 is 0 Å². The molecule has 0 aromatic carbocycles. The van der Waals surface area contributed by atoms with Crippen LogP contribution in [-0.4, -0.2) is 22.2 Å². The third kappa shape index (κ3) is 2.27. The van der Waals surface area contributed by atoms with Crippen LogP contribution in [0.4, 0.5) is 0 Å². The highest BCUT2D eigenvalue weighted by Crippen LogP contribution is 2.40. The van der Waals surface area contributed by atoms with Crippen molar-refractivity contribution in [2.75, 3.05) is 7.11 Å². The lowest BCUT2D eigenvalue weighted by molar-refractivity contribution is 0.130. The van der Waals surface area contributed by atoms with Gasteiger partial charge in [-0.05, 0) is 43.0 Å². The number of pyridine rings is 2. The maximum absolute atomic E-state index is 10.7. The smallest absolute Gasteiger partial charge is 0.218 e. The van der Waals surface area contributed by atoms with Gasteiger partial charge in [0.1, 0.15) is 0 Å². The van der Waals surface area contributed by atoms with Crippen molar-refractivity contribution in [1.82, 2.24) is 9.97 Å². The Labute approximate surface area is 118 Å². The Hall–Kier alpha value is -1.94. The molecular weight excluding hydrogens is 252 g/mol. The largest absolute Gasteiger partial charge is 0.481 e. The fraction of sp³-hybridized carbons (Fsp3) is 0.375. The van der Waals surface area contributed by atoms with Crippen LogP contribution in [0.3, 0.4) is 0 Å². The van der Waals surface area contributed by atoms with Gasteiger partial charge in [-0.3, -0.25) is 4.98 Å². The van der Waals surface area contributed by atoms with Crippen molar-refractivity contribution in [2.45, 2.75) is 31.3 Å². The van der Waals surface area contributed by atoms with Crippen LogP contribution in [0.1, 0.15) is 41.7 Å². The van der Waals surface area contributed by atoms with E-state index in [0.717, 1.165) is 30.5 Å². The number of ether oxygens (including phenoxy) is 1. The van der Waals surface area contributed by atoms with E-state index in [9.17, 15) is 5.11 Å². The maximum Gasteiger partial charge on any atom is 0.218 e. The van der Waals surface area contributed by atoms with E-state index >= 15 is 0 Å². The van der Waals surface area contributed by atoms with Crippen LogP contribution in [0.15, 0.2) is 36.7 Å². The summed E-state index contributed by atoms with van der Waals surface area (Å²) in [5.74, 6) is 0.501. The second-order valence-corrected chi connectivity index (χ2v) is 5.09. The summed E-state index contributed by atoms with van der Waals surface area (Å²) < 4.78 is 5.25. The molecule has 4 nitrogen and oxygen atoms in total. The number of aliphatic hydroxyl groups is 1. The number of aliphatic hydroxyl groups excluding tert-OH is 1. The fourth-order valence-electron chi connectivity index (χ4n) is 2.97. The zero-order valence-electron chi connectivity index (χ0n) is 11.5. The first kappa shape index (κ1) is 13.1. The van der Waals surface area contributed by atoms with Gasteiger partial charge in [-0.25, -0.2) is 4.98 Å². The number of aromatic nitrogens is 2. The van der Waals surface area contributed by atoms with Crippen LogP contribution in [0.25, 0.3) is 0 Å². The molecular formula is C16H18N2O2. The summed E-state index contributed by atoms with van der Waals surface area (Å²) in [5.41, 5.74) is 2.99. The Morgan fingerprint density at radius 2 is 2.05 bits per heavy atom. The highest BCUT2D eigenvalue weighted by molar-refractivity contribution is 5.34. The Bertz CT molecular complexity index is 601. The van der Waals surface area contributed by atoms with Gasteiger partial charge in [-0.2, -0.15) is 0 Å². The number of hydrogen-bond donors (Lipinski definition) is 1. The van der Waals surface area contributed by atoms with E-state index in [2.05, 4.69) is 16.0 Å². The lowest BCUT2D eigenvalue weighted by Crippen LogP contribution is -2.19. The summed E-state index contributed by atoms with van der Waals surface area (Å²) in [6, 6.07) is 7.75. The Kier molecular flexibility index (Phi) is 3.65. The summed E-state index contributed by atoms with van der Waals surface area (Å²) in [7, 11) is 1.58. The van der Waals surface area contributed by atoms with Crippen molar-refractivity contribution in [3.63, 3.8) is 0 Å². The SMILES string of the molecule is COc1ncccc1C(O)C1CCCc2cccnc21. The average molecular weight is 270 g/mol. The lowest BCUT2D eigenvalue weighted by atomic mass is 9.81. The Balaban J connectivity index is 1.97. The number of hydrogen-bond acceptors (Lipinski definition) is 4. The molecule has 1 N–H and O–H groups in total. The molecule has 20 heavy (non-hydrogen) atoms. The number of nitrogens with zero attached hydrogens (tertiary/aromatic N) is 2. The first-order chi connectivity index (χ1) is 9.81. The van der Waals surface area contributed by atoms with Crippen molar-refractivity contribution >= 4 is 0 Å². The van der Waals surface area contributed by atoms with Crippen molar-refractivity contribution in [1.29, 1.82) is 0 Å². The van der Waals surface area contributed by atoms with Crippen LogP contribution < -0.4 is 4.74 Å². The minimum atomic E-state index is -0.632. The molecule has 2 atom stereocenters. The third-order valence-corrected chi connectivity index (χ3v) is 3.93. The summed E-state index contributed by atoms with van der Waals surface area (Å²) in [6.07, 6.45) is 5.88. The summed E-state index contributed by atoms with van der Waals surface area (Å²) >= 11 is 0. The van der Waals surface area contributed by atoms with Gasteiger partial charge in [0.15, 0.2) is 0 Å². The van der Waals surface area contributed by atoms with Crippen molar-refractivity contribution in [3.05, 3.63) is 53.5 Å². The first-order valence-electron chi connectivity index (χ1n) is 6.92. The molecule has 2 aromatic rings. The predicted molar refractivity (Wildman–Crippen MR) is 75.7 cm³/mol. The molecule has 4 heteroatoms. The fourth-order valence-corrected chi connectivity index (χ4v) is 2.97. The van der Waals surface area contributed by atoms with E-state index in [-0.39, 0.29) is 5.92 Å². The van der Waals surface area contributed by atoms with E-state index in [1.54, 1.807) is 19.5 Å². The summed E-state index contributed by atoms with van der Waals surface area (Å²) in [4.78, 5) is 8.65. The van der Waals surface area contributed by atoms with Crippen LogP contribution in [-0.2, 0) is 6.42 Å². The first-order valence-corrected chi connectivity index (χ1v) is 6.92. The molecule has 0 amide bonds. The normalized spacial score (nSPS) is 19.2. The third-order valence-electron chi connectivity index (χ3n) is 3.93. The number of methoxy groups -OCH3 is 1. The number of aryl methyl sites for hydroxylation is 1. The van der Waals surface area contributed by atoms with Crippen LogP contribution in [0.5, 0.6) is 5.88 Å². The Morgan fingerprint density at radius 1 is 1.25 bits per heavy atom. The van der Waals surface area contributed by atoms with E-state index in [1.165, 1.54) is 5.56 Å². The molecule has 2 aromatic heterocycles. The zero-order chi connectivity index (χ0) is 13.9. The number of fused-ring (bicyclic) bond motifs is 1. The van der Waals surface area contributed by atoms with Gasteiger partial charge in [0.2, 0.25) is 5.88 Å². The quantitative estimate of drug-likeness (QED) is 0.931. The standard InChI is InChI=1S/C16H18N2O2/c1-20-16-13(8-4-10-18-16)15(19)12-7-2-5-11-6-3-9-17-14(11)12/h3-4,6,8-10,12,15,19H,2,5,7H2,1H3. The van der Waals surface area contributed by atoms with E-state index in [1.807, 2.05) is 18.2 Å². The molecule has 0 saturated heterocycles. The predicted octanol–water partition coefficient (Wildman–Crippen LogP) is 2.64. The minimum absolute atomic E-state index is 0.0121. The molecule has 104 valence electrons. The van der Waals surface area contributed by atoms with E-state index in [0.29, 0.717) is 5.88 Å². The number of rotatable bonds is 3. The molecule has 0 spiro atoms. The molecule has 1 aliphatic rings. The molecule has 0 saturated carbocycles. The van der Waals surface area contributed by atoms with Gasteiger partial charge in [0.25, 0.3) is 0 Å². The molecule has 2 heterocycles. The highest BCUT2D eigenvalue weighted by Gasteiger charge is 2.30. The molecule has 0 bridgehead atoms. The molecule has 0 fully saturated rings. The van der Waals surface area contributed by atoms with Gasteiger partial charge in [-0.1, -0.05) is 6.07 Å². The van der Waals surface area contributed by atoms with Gasteiger partial charge < -0.3 is 9.84 Å². The molecule has 2 unspecified atom stereocenters. The highest BCUT2D eigenvalue weighted by atomic mass is 16.5. The lowest BCUT2D eigenvalue weighted by Gasteiger charge is -2.28. The van der Waals surface area contributed by atoms with Gasteiger partial charge in [-0.15, -0.1) is 0 Å². The van der Waals surface area contributed by atoms with Crippen molar-refractivity contribution in [3.8, 4) is 5.88 Å². The molecule has 0 aliphatic heterocycles. The zero-order valence-corrected chi connectivity index (χ0v) is 11.5. The van der Waals surface area contributed by atoms with Crippen LogP contribution in [0, 0.1) is 0 Å². The Morgan fingerprint density at radius 3 is 2.90 bits per heavy atom. The summed E-state index contributed by atoms with van der Waals surface area (Å²) in [6.45, 7) is 0. The van der Waals surface area contributed by atoms with Gasteiger partial charge in [0.05, 0.1) is 13.2 Å². The maximum atomic E-state index is 10.7. The van der Waals surface area contributed by atoms with Crippen LogP contribution in [0.2, 0.25) is 0 Å². The van der Waals surface area contributed by atoms with Crippen molar-refractivity contribution in [2.24, 2.45) is 0 Å². The average Bonchev–Trinajstić information content (AvgIpc) is 2.53. The second kappa shape index (κ2) is 5.59. The molecule has 3 rings (SSSR count). The van der Waals surface area contributed by atoms with E-state index < -0.39 is 6.10 Å². The topological polar surface area (TPSA) is 55.2 Å². The summed E-state index contributed by atoms with van der Waals surface area (Å²) in [5, 5.41) is 10.7. The van der Waals surface area contributed by atoms with Gasteiger partial charge >= 0.3 is 0 Å².